The van der Waals surface area contributed by atoms with Crippen LogP contribution in [0.3, 0.4) is 0 Å². The second-order valence-electron chi connectivity index (χ2n) is 6.89. The summed E-state index contributed by atoms with van der Waals surface area (Å²) in [6.45, 7) is 3.96. The molecule has 1 aliphatic heterocycles. The molecule has 2 fully saturated rings. The van der Waals surface area contributed by atoms with Crippen LogP contribution in [-0.2, 0) is 9.47 Å². The Morgan fingerprint density at radius 1 is 1.44 bits per heavy atom. The molecule has 0 aromatic heterocycles. The molecule has 5 nitrogen and oxygen atoms in total. The third-order valence-electron chi connectivity index (χ3n) is 4.84. The first-order valence-corrected chi connectivity index (χ1v) is 9.63. The van der Waals surface area contributed by atoms with Crippen molar-refractivity contribution in [1.29, 1.82) is 0 Å². The molecule has 152 valence electrons. The summed E-state index contributed by atoms with van der Waals surface area (Å²) in [5, 5.41) is 7.11. The SMILES string of the molecule is CN=C(NCCCOCC1CCOC1)NC1CC1c1c(F)cccc1Cl.I. The minimum absolute atomic E-state index is 0. The molecule has 1 aromatic carbocycles. The van der Waals surface area contributed by atoms with Gasteiger partial charge in [-0.05, 0) is 31.4 Å². The van der Waals surface area contributed by atoms with Crippen molar-refractivity contribution in [2.45, 2.75) is 31.2 Å². The van der Waals surface area contributed by atoms with Gasteiger partial charge in [-0.15, -0.1) is 24.0 Å². The summed E-state index contributed by atoms with van der Waals surface area (Å²) in [4.78, 5) is 4.23. The Labute approximate surface area is 182 Å². The Morgan fingerprint density at radius 3 is 3.00 bits per heavy atom. The number of halogens is 3. The first-order valence-electron chi connectivity index (χ1n) is 9.25. The van der Waals surface area contributed by atoms with Gasteiger partial charge in [0.15, 0.2) is 5.96 Å². The largest absolute Gasteiger partial charge is 0.381 e. The van der Waals surface area contributed by atoms with Crippen LogP contribution in [0.4, 0.5) is 4.39 Å². The van der Waals surface area contributed by atoms with Crippen molar-refractivity contribution in [3.63, 3.8) is 0 Å². The van der Waals surface area contributed by atoms with Crippen molar-refractivity contribution < 1.29 is 13.9 Å². The Kier molecular flexibility index (Phi) is 9.55. The molecule has 1 saturated carbocycles. The highest BCUT2D eigenvalue weighted by atomic mass is 127. The summed E-state index contributed by atoms with van der Waals surface area (Å²) in [5.41, 5.74) is 0.603. The van der Waals surface area contributed by atoms with Crippen LogP contribution in [0, 0.1) is 11.7 Å². The minimum Gasteiger partial charge on any atom is -0.381 e. The van der Waals surface area contributed by atoms with Crippen LogP contribution in [0.25, 0.3) is 0 Å². The van der Waals surface area contributed by atoms with E-state index in [0.717, 1.165) is 58.2 Å². The highest BCUT2D eigenvalue weighted by Gasteiger charge is 2.41. The second kappa shape index (κ2) is 11.4. The first-order chi connectivity index (χ1) is 12.7. The van der Waals surface area contributed by atoms with Gasteiger partial charge in [-0.3, -0.25) is 4.99 Å². The van der Waals surface area contributed by atoms with E-state index in [-0.39, 0.29) is 41.8 Å². The molecule has 0 amide bonds. The lowest BCUT2D eigenvalue weighted by atomic mass is 10.1. The quantitative estimate of drug-likeness (QED) is 0.243. The van der Waals surface area contributed by atoms with E-state index < -0.39 is 0 Å². The van der Waals surface area contributed by atoms with Crippen molar-refractivity contribution in [3.05, 3.63) is 34.6 Å². The number of nitrogens with zero attached hydrogens (tertiary/aromatic N) is 1. The van der Waals surface area contributed by atoms with Gasteiger partial charge in [-0.1, -0.05) is 17.7 Å². The van der Waals surface area contributed by atoms with E-state index in [1.165, 1.54) is 6.07 Å². The molecule has 3 rings (SSSR count). The van der Waals surface area contributed by atoms with Crippen molar-refractivity contribution in [2.24, 2.45) is 10.9 Å². The van der Waals surface area contributed by atoms with Crippen LogP contribution in [0.5, 0.6) is 0 Å². The van der Waals surface area contributed by atoms with E-state index in [2.05, 4.69) is 15.6 Å². The second-order valence-corrected chi connectivity index (χ2v) is 7.29. The van der Waals surface area contributed by atoms with Crippen LogP contribution < -0.4 is 10.6 Å². The van der Waals surface area contributed by atoms with Gasteiger partial charge < -0.3 is 20.1 Å². The highest BCUT2D eigenvalue weighted by molar-refractivity contribution is 14.0. The van der Waals surface area contributed by atoms with Crippen LogP contribution in [0.2, 0.25) is 5.02 Å². The van der Waals surface area contributed by atoms with Gasteiger partial charge in [0.2, 0.25) is 0 Å². The fraction of sp³-hybridized carbons (Fsp3) is 0.632. The van der Waals surface area contributed by atoms with Crippen molar-refractivity contribution in [1.82, 2.24) is 10.6 Å². The molecule has 1 saturated heterocycles. The Morgan fingerprint density at radius 2 is 2.30 bits per heavy atom. The molecule has 3 unspecified atom stereocenters. The molecule has 0 spiro atoms. The Bertz CT molecular complexity index is 609. The van der Waals surface area contributed by atoms with E-state index in [1.807, 2.05) is 0 Å². The number of aliphatic imine (C=N–C) groups is 1. The molecular formula is C19H28ClFIN3O2. The molecule has 1 heterocycles. The molecule has 27 heavy (non-hydrogen) atoms. The number of hydrogen-bond donors (Lipinski definition) is 2. The van der Waals surface area contributed by atoms with Crippen LogP contribution in [-0.4, -0.2) is 52.0 Å². The maximum Gasteiger partial charge on any atom is 0.191 e. The summed E-state index contributed by atoms with van der Waals surface area (Å²) in [7, 11) is 1.74. The molecule has 1 aromatic rings. The number of hydrogen-bond acceptors (Lipinski definition) is 3. The van der Waals surface area contributed by atoms with Gasteiger partial charge in [-0.2, -0.15) is 0 Å². The lowest BCUT2D eigenvalue weighted by molar-refractivity contribution is 0.0888. The molecule has 2 N–H and O–H groups in total. The lowest BCUT2D eigenvalue weighted by Crippen LogP contribution is -2.39. The van der Waals surface area contributed by atoms with Crippen LogP contribution >= 0.6 is 35.6 Å². The fourth-order valence-corrected chi connectivity index (χ4v) is 3.56. The van der Waals surface area contributed by atoms with Crippen LogP contribution in [0.15, 0.2) is 23.2 Å². The zero-order valence-electron chi connectivity index (χ0n) is 15.5. The highest BCUT2D eigenvalue weighted by Crippen LogP contribution is 2.44. The number of nitrogens with one attached hydrogen (secondary N) is 2. The molecule has 8 heteroatoms. The van der Waals surface area contributed by atoms with Crippen molar-refractivity contribution >= 4 is 41.5 Å². The van der Waals surface area contributed by atoms with Gasteiger partial charge >= 0.3 is 0 Å². The third-order valence-corrected chi connectivity index (χ3v) is 5.17. The fourth-order valence-electron chi connectivity index (χ4n) is 3.25. The van der Waals surface area contributed by atoms with E-state index >= 15 is 0 Å². The molecule has 2 aliphatic rings. The van der Waals surface area contributed by atoms with E-state index in [1.54, 1.807) is 19.2 Å². The average molecular weight is 512 g/mol. The summed E-state index contributed by atoms with van der Waals surface area (Å²) in [5.74, 6) is 1.14. The number of rotatable bonds is 8. The van der Waals surface area contributed by atoms with Gasteiger partial charge in [-0.25, -0.2) is 4.39 Å². The van der Waals surface area contributed by atoms with Gasteiger partial charge in [0.05, 0.1) is 13.2 Å². The smallest absolute Gasteiger partial charge is 0.191 e. The van der Waals surface area contributed by atoms with Crippen molar-refractivity contribution in [2.75, 3.05) is 40.0 Å². The molecular weight excluding hydrogens is 484 g/mol. The number of guanidine groups is 1. The monoisotopic (exact) mass is 511 g/mol. The summed E-state index contributed by atoms with van der Waals surface area (Å²) in [6, 6.07) is 4.99. The van der Waals surface area contributed by atoms with Gasteiger partial charge in [0.25, 0.3) is 0 Å². The van der Waals surface area contributed by atoms with E-state index in [4.69, 9.17) is 21.1 Å². The molecule has 3 atom stereocenters. The first kappa shape index (κ1) is 22.6. The van der Waals surface area contributed by atoms with Gasteiger partial charge in [0.1, 0.15) is 5.82 Å². The molecule has 1 aliphatic carbocycles. The Balaban J connectivity index is 0.00000261. The third kappa shape index (κ3) is 6.73. The molecule has 0 bridgehead atoms. The van der Waals surface area contributed by atoms with Crippen LogP contribution in [0.1, 0.15) is 30.7 Å². The molecule has 0 radical (unpaired) electrons. The topological polar surface area (TPSA) is 54.9 Å². The predicted octanol–water partition coefficient (Wildman–Crippen LogP) is 3.56. The maximum absolute atomic E-state index is 14.0. The zero-order chi connectivity index (χ0) is 18.4. The lowest BCUT2D eigenvalue weighted by Gasteiger charge is -2.13. The normalized spacial score (nSPS) is 24.4. The average Bonchev–Trinajstić information content (AvgIpc) is 3.16. The summed E-state index contributed by atoms with van der Waals surface area (Å²) in [6.07, 6.45) is 2.86. The Hall–Kier alpha value is -0.640. The predicted molar refractivity (Wildman–Crippen MR) is 117 cm³/mol. The van der Waals surface area contributed by atoms with Crippen molar-refractivity contribution in [3.8, 4) is 0 Å². The summed E-state index contributed by atoms with van der Waals surface area (Å²) >= 11 is 6.14. The zero-order valence-corrected chi connectivity index (χ0v) is 18.6. The van der Waals surface area contributed by atoms with E-state index in [0.29, 0.717) is 16.5 Å². The standard InChI is InChI=1S/C19H27ClFN3O2.HI/c1-22-19(23-7-3-8-25-11-13-6-9-26-12-13)24-17-10-14(17)18-15(20)4-2-5-16(18)21;/h2,4-5,13-14,17H,3,6-12H2,1H3,(H2,22,23,24);1H. The maximum atomic E-state index is 14.0. The van der Waals surface area contributed by atoms with Gasteiger partial charge in [0, 0.05) is 55.3 Å². The number of benzene rings is 1. The summed E-state index contributed by atoms with van der Waals surface area (Å²) < 4.78 is 25.0. The van der Waals surface area contributed by atoms with E-state index in [9.17, 15) is 4.39 Å². The number of ether oxygens (including phenoxy) is 2. The minimum atomic E-state index is -0.237.